The van der Waals surface area contributed by atoms with Crippen LogP contribution in [0.25, 0.3) is 0 Å². The van der Waals surface area contributed by atoms with E-state index in [0.29, 0.717) is 0 Å². The van der Waals surface area contributed by atoms with E-state index in [1.807, 2.05) is 30.3 Å². The summed E-state index contributed by atoms with van der Waals surface area (Å²) in [6.45, 7) is 7.11. The van der Waals surface area contributed by atoms with Crippen LogP contribution in [-0.2, 0) is 5.22 Å². The van der Waals surface area contributed by atoms with Gasteiger partial charge in [0.15, 0.2) is 0 Å². The third kappa shape index (κ3) is 3.02. The zero-order chi connectivity index (χ0) is 17.0. The molecule has 0 heterocycles. The van der Waals surface area contributed by atoms with E-state index >= 15 is 0 Å². The quantitative estimate of drug-likeness (QED) is 0.530. The van der Waals surface area contributed by atoms with Crippen molar-refractivity contribution in [1.82, 2.24) is 0 Å². The fraction of sp³-hybridized carbons (Fsp3) is 0.182. The minimum atomic E-state index is -1.82. The molecule has 0 atom stereocenters. The van der Waals surface area contributed by atoms with Crippen LogP contribution >= 0.6 is 0 Å². The van der Waals surface area contributed by atoms with Crippen molar-refractivity contribution < 1.29 is 4.74 Å². The molecule has 0 unspecified atom stereocenters. The van der Waals surface area contributed by atoms with Gasteiger partial charge in [0.05, 0.1) is 0 Å². The molecule has 0 saturated carbocycles. The predicted octanol–water partition coefficient (Wildman–Crippen LogP) is 5.89. The van der Waals surface area contributed by atoms with Gasteiger partial charge in [-0.3, -0.25) is 0 Å². The summed E-state index contributed by atoms with van der Waals surface area (Å²) in [5, 5.41) is -0.434. The van der Waals surface area contributed by atoms with Gasteiger partial charge >= 0.3 is 0 Å². The summed E-state index contributed by atoms with van der Waals surface area (Å²) < 4.78 is 6.80. The van der Waals surface area contributed by atoms with Gasteiger partial charge in [-0.25, -0.2) is 0 Å². The summed E-state index contributed by atoms with van der Waals surface area (Å²) >= 11 is 0. The van der Waals surface area contributed by atoms with Crippen LogP contribution in [0.4, 0.5) is 0 Å². The summed E-state index contributed by atoms with van der Waals surface area (Å²) in [5.74, 6) is 0.910. The maximum absolute atomic E-state index is 6.80. The molecule has 0 aromatic heterocycles. The van der Waals surface area contributed by atoms with Crippen molar-refractivity contribution in [2.24, 2.45) is 0 Å². The molecule has 0 aliphatic carbocycles. The second-order valence-electron chi connectivity index (χ2n) is 7.08. The molecule has 2 heteroatoms. The molecule has 0 aliphatic heterocycles. The molecule has 0 amide bonds. The Morgan fingerprint density at radius 1 is 0.583 bits per heavy atom. The van der Waals surface area contributed by atoms with Crippen molar-refractivity contribution >= 4 is 8.07 Å². The lowest BCUT2D eigenvalue weighted by molar-refractivity contribution is 0.188. The molecule has 3 aromatic rings. The maximum atomic E-state index is 6.80. The monoisotopic (exact) mass is 332 g/mol. The number of rotatable bonds is 5. The highest BCUT2D eigenvalue weighted by Crippen LogP contribution is 2.42. The first-order valence-corrected chi connectivity index (χ1v) is 11.9. The minimum absolute atomic E-state index is 0.434. The van der Waals surface area contributed by atoms with E-state index in [2.05, 4.69) is 80.3 Å². The highest BCUT2D eigenvalue weighted by atomic mass is 28.3. The second kappa shape index (κ2) is 6.66. The number of benzene rings is 3. The van der Waals surface area contributed by atoms with E-state index in [0.717, 1.165) is 5.75 Å². The van der Waals surface area contributed by atoms with Crippen LogP contribution in [0.1, 0.15) is 11.1 Å². The van der Waals surface area contributed by atoms with Crippen molar-refractivity contribution in [3.05, 3.63) is 102 Å². The molecule has 122 valence electrons. The van der Waals surface area contributed by atoms with Crippen LogP contribution in [0.3, 0.4) is 0 Å². The van der Waals surface area contributed by atoms with Gasteiger partial charge in [-0.05, 0) is 23.3 Å². The first-order chi connectivity index (χ1) is 11.5. The number of ether oxygens (including phenoxy) is 1. The van der Waals surface area contributed by atoms with Crippen molar-refractivity contribution in [3.63, 3.8) is 0 Å². The van der Waals surface area contributed by atoms with Gasteiger partial charge in [0.1, 0.15) is 19.0 Å². The second-order valence-corrected chi connectivity index (χ2v) is 12.3. The van der Waals surface area contributed by atoms with E-state index < -0.39 is 13.3 Å². The summed E-state index contributed by atoms with van der Waals surface area (Å²) in [7, 11) is -1.82. The Morgan fingerprint density at radius 2 is 0.958 bits per heavy atom. The van der Waals surface area contributed by atoms with E-state index in [4.69, 9.17) is 4.74 Å². The lowest BCUT2D eigenvalue weighted by atomic mass is 10.00. The molecule has 3 aromatic carbocycles. The van der Waals surface area contributed by atoms with Crippen LogP contribution in [0.15, 0.2) is 91.0 Å². The van der Waals surface area contributed by atoms with Crippen LogP contribution in [0, 0.1) is 0 Å². The van der Waals surface area contributed by atoms with Gasteiger partial charge in [0.2, 0.25) is 0 Å². The predicted molar refractivity (Wildman–Crippen MR) is 104 cm³/mol. The van der Waals surface area contributed by atoms with Crippen LogP contribution in [0.5, 0.6) is 5.75 Å². The van der Waals surface area contributed by atoms with Crippen molar-refractivity contribution in [2.75, 3.05) is 0 Å². The molecule has 0 aliphatic rings. The van der Waals surface area contributed by atoms with Crippen molar-refractivity contribution in [1.29, 1.82) is 0 Å². The fourth-order valence-electron chi connectivity index (χ4n) is 3.31. The highest BCUT2D eigenvalue weighted by molar-refractivity contribution is 6.79. The van der Waals surface area contributed by atoms with Crippen molar-refractivity contribution in [3.8, 4) is 5.75 Å². The van der Waals surface area contributed by atoms with Gasteiger partial charge in [-0.15, -0.1) is 0 Å². The Hall–Kier alpha value is -2.32. The first-order valence-electron chi connectivity index (χ1n) is 8.39. The third-order valence-electron chi connectivity index (χ3n) is 4.43. The minimum Gasteiger partial charge on any atom is -0.482 e. The Balaban J connectivity index is 2.25. The molecule has 24 heavy (non-hydrogen) atoms. The third-order valence-corrected chi connectivity index (χ3v) is 7.22. The summed E-state index contributed by atoms with van der Waals surface area (Å²) in [6.07, 6.45) is 0. The largest absolute Gasteiger partial charge is 0.482 e. The molecule has 0 radical (unpaired) electrons. The van der Waals surface area contributed by atoms with Gasteiger partial charge < -0.3 is 4.74 Å². The summed E-state index contributed by atoms with van der Waals surface area (Å²) in [4.78, 5) is 0. The average Bonchev–Trinajstić information content (AvgIpc) is 2.61. The Kier molecular flexibility index (Phi) is 4.59. The SMILES string of the molecule is C[Si](C)(C)C(Oc1ccccc1)(c1ccccc1)c1ccccc1. The van der Waals surface area contributed by atoms with Gasteiger partial charge in [-0.2, -0.15) is 0 Å². The van der Waals surface area contributed by atoms with E-state index in [1.165, 1.54) is 11.1 Å². The van der Waals surface area contributed by atoms with E-state index in [-0.39, 0.29) is 0 Å². The smallest absolute Gasteiger partial charge is 0.144 e. The normalized spacial score (nSPS) is 12.0. The van der Waals surface area contributed by atoms with Gasteiger partial charge in [-0.1, -0.05) is 98.5 Å². The Labute approximate surface area is 145 Å². The van der Waals surface area contributed by atoms with Gasteiger partial charge in [0.25, 0.3) is 0 Å². The number of hydrogen-bond acceptors (Lipinski definition) is 1. The number of hydrogen-bond donors (Lipinski definition) is 0. The summed E-state index contributed by atoms with van der Waals surface area (Å²) in [6, 6.07) is 31.4. The molecule has 0 fully saturated rings. The zero-order valence-corrected chi connectivity index (χ0v) is 15.6. The maximum Gasteiger partial charge on any atom is 0.144 e. The highest BCUT2D eigenvalue weighted by Gasteiger charge is 2.48. The number of para-hydroxylation sites is 1. The van der Waals surface area contributed by atoms with Crippen LogP contribution in [-0.4, -0.2) is 8.07 Å². The molecular formula is C22H24OSi. The fourth-order valence-corrected chi connectivity index (χ4v) is 5.80. The molecule has 3 rings (SSSR count). The molecule has 0 spiro atoms. The van der Waals surface area contributed by atoms with E-state index in [9.17, 15) is 0 Å². The molecule has 1 nitrogen and oxygen atoms in total. The molecule has 0 bridgehead atoms. The molecular weight excluding hydrogens is 308 g/mol. The lowest BCUT2D eigenvalue weighted by Gasteiger charge is -2.44. The average molecular weight is 333 g/mol. The van der Waals surface area contributed by atoms with E-state index in [1.54, 1.807) is 0 Å². The van der Waals surface area contributed by atoms with Gasteiger partial charge in [0, 0.05) is 0 Å². The standard InChI is InChI=1S/C22H24OSi/c1-24(2,3)22(19-13-7-4-8-14-19,20-15-9-5-10-16-20)23-21-17-11-6-12-18-21/h4-18H,1-3H3. The first kappa shape index (κ1) is 16.5. The Bertz CT molecular complexity index is 722. The summed E-state index contributed by atoms with van der Waals surface area (Å²) in [5.41, 5.74) is 2.44. The molecule has 0 saturated heterocycles. The van der Waals surface area contributed by atoms with Crippen molar-refractivity contribution in [2.45, 2.75) is 24.9 Å². The van der Waals surface area contributed by atoms with Crippen LogP contribution < -0.4 is 4.74 Å². The van der Waals surface area contributed by atoms with Crippen LogP contribution in [0.2, 0.25) is 19.6 Å². The zero-order valence-electron chi connectivity index (χ0n) is 14.6. The Morgan fingerprint density at radius 3 is 1.33 bits per heavy atom. The topological polar surface area (TPSA) is 9.23 Å². The molecule has 0 N–H and O–H groups in total. The lowest BCUT2D eigenvalue weighted by Crippen LogP contribution is -2.54.